The first-order valence-corrected chi connectivity index (χ1v) is 8.09. The van der Waals surface area contributed by atoms with Crippen molar-refractivity contribution in [2.75, 3.05) is 27.2 Å². The molecule has 2 rings (SSSR count). The second-order valence-corrected chi connectivity index (χ2v) is 6.47. The van der Waals surface area contributed by atoms with Gasteiger partial charge in [0.15, 0.2) is 0 Å². The quantitative estimate of drug-likeness (QED) is 0.840. The van der Waals surface area contributed by atoms with Gasteiger partial charge >= 0.3 is 0 Å². The number of halogens is 1. The van der Waals surface area contributed by atoms with Gasteiger partial charge in [0.25, 0.3) is 0 Å². The smallest absolute Gasteiger partial charge is 0.0820 e. The van der Waals surface area contributed by atoms with E-state index in [-0.39, 0.29) is 0 Å². The highest BCUT2D eigenvalue weighted by Gasteiger charge is 2.29. The summed E-state index contributed by atoms with van der Waals surface area (Å²) in [4.78, 5) is 2.18. The highest BCUT2D eigenvalue weighted by molar-refractivity contribution is 6.31. The summed E-state index contributed by atoms with van der Waals surface area (Å²) in [5, 5.41) is 8.93. The molecule has 1 heterocycles. The number of likely N-dealkylation sites (N-methyl/N-ethyl adjacent to an activating group) is 1. The molecule has 2 atom stereocenters. The molecule has 0 radical (unpaired) electrons. The van der Waals surface area contributed by atoms with Crippen molar-refractivity contribution in [2.24, 2.45) is 0 Å². The van der Waals surface area contributed by atoms with Crippen LogP contribution in [0.3, 0.4) is 0 Å². The Bertz CT molecular complexity index is 416. The van der Waals surface area contributed by atoms with E-state index in [0.717, 1.165) is 24.7 Å². The summed E-state index contributed by atoms with van der Waals surface area (Å²) >= 11 is 6.38. The summed E-state index contributed by atoms with van der Waals surface area (Å²) in [6.45, 7) is 5.24. The monoisotopic (exact) mass is 298 g/mol. The lowest BCUT2D eigenvalue weighted by Gasteiger charge is -2.17. The molecule has 1 aliphatic rings. The van der Waals surface area contributed by atoms with E-state index >= 15 is 0 Å². The Morgan fingerprint density at radius 1 is 1.45 bits per heavy atom. The van der Waals surface area contributed by atoms with Crippen LogP contribution in [0.25, 0.3) is 0 Å². The van der Waals surface area contributed by atoms with Crippen LogP contribution >= 0.6 is 11.6 Å². The van der Waals surface area contributed by atoms with Gasteiger partial charge < -0.3 is 10.2 Å². The zero-order valence-corrected chi connectivity index (χ0v) is 13.7. The van der Waals surface area contributed by atoms with Crippen molar-refractivity contribution in [3.63, 3.8) is 0 Å². The van der Waals surface area contributed by atoms with Gasteiger partial charge in [-0.05, 0) is 46.3 Å². The number of rotatable bonds is 7. The minimum absolute atomic E-state index is 0.557. The minimum atomic E-state index is 0.557. The van der Waals surface area contributed by atoms with Gasteiger partial charge in [-0.1, -0.05) is 18.5 Å². The Labute approximate surface area is 127 Å². The van der Waals surface area contributed by atoms with Crippen molar-refractivity contribution in [1.29, 1.82) is 0 Å². The maximum atomic E-state index is 6.38. The van der Waals surface area contributed by atoms with Gasteiger partial charge in [-0.15, -0.1) is 0 Å². The molecule has 0 saturated heterocycles. The summed E-state index contributed by atoms with van der Waals surface area (Å²) in [5.74, 6) is 0.557. The highest BCUT2D eigenvalue weighted by Crippen LogP contribution is 2.37. The van der Waals surface area contributed by atoms with Crippen LogP contribution in [0.5, 0.6) is 0 Å². The number of hydrogen-bond acceptors (Lipinski definition) is 3. The fourth-order valence-electron chi connectivity index (χ4n) is 3.01. The third-order valence-electron chi connectivity index (χ3n) is 4.09. The molecular formula is C15H27ClN4. The molecule has 0 aliphatic heterocycles. The molecule has 114 valence electrons. The molecule has 1 fully saturated rings. The molecule has 0 aromatic carbocycles. The van der Waals surface area contributed by atoms with Gasteiger partial charge in [0.2, 0.25) is 0 Å². The predicted molar refractivity (Wildman–Crippen MR) is 84.5 cm³/mol. The molecule has 4 nitrogen and oxygen atoms in total. The first-order valence-electron chi connectivity index (χ1n) is 7.71. The number of aromatic nitrogens is 2. The standard InChI is InChI=1S/C15H27ClN4/c1-4-7-17-13-6-5-12(10-13)15-14(16)11-18-20(15)9-8-19(2)3/h11-13,17H,4-10H2,1-3H3. The SMILES string of the molecule is CCCNC1CCC(c2c(Cl)cnn2CCN(C)C)C1. The molecule has 1 N–H and O–H groups in total. The van der Waals surface area contributed by atoms with E-state index in [2.05, 4.69) is 41.0 Å². The normalized spacial score (nSPS) is 22.9. The van der Waals surface area contributed by atoms with E-state index < -0.39 is 0 Å². The Morgan fingerprint density at radius 3 is 2.95 bits per heavy atom. The second kappa shape index (κ2) is 7.43. The van der Waals surface area contributed by atoms with Crippen LogP contribution in [-0.2, 0) is 6.54 Å². The van der Waals surface area contributed by atoms with Crippen molar-refractivity contribution >= 4 is 11.6 Å². The van der Waals surface area contributed by atoms with Crippen LogP contribution in [-0.4, -0.2) is 47.9 Å². The van der Waals surface area contributed by atoms with E-state index in [1.807, 2.05) is 0 Å². The van der Waals surface area contributed by atoms with E-state index in [1.165, 1.54) is 31.4 Å². The average Bonchev–Trinajstić information content (AvgIpc) is 3.00. The van der Waals surface area contributed by atoms with Gasteiger partial charge in [0.05, 0.1) is 23.5 Å². The Kier molecular flexibility index (Phi) is 5.87. The topological polar surface area (TPSA) is 33.1 Å². The number of nitrogens with zero attached hydrogens (tertiary/aromatic N) is 3. The Hall–Kier alpha value is -0.580. The fourth-order valence-corrected chi connectivity index (χ4v) is 3.31. The third-order valence-corrected chi connectivity index (χ3v) is 4.39. The minimum Gasteiger partial charge on any atom is -0.314 e. The lowest BCUT2D eigenvalue weighted by molar-refractivity contribution is 0.366. The maximum absolute atomic E-state index is 6.38. The molecule has 20 heavy (non-hydrogen) atoms. The van der Waals surface area contributed by atoms with Crippen LogP contribution in [0.4, 0.5) is 0 Å². The molecule has 0 bridgehead atoms. The molecule has 0 spiro atoms. The molecule has 2 unspecified atom stereocenters. The summed E-state index contributed by atoms with van der Waals surface area (Å²) in [6, 6.07) is 0.646. The van der Waals surface area contributed by atoms with Crippen molar-refractivity contribution in [1.82, 2.24) is 20.0 Å². The van der Waals surface area contributed by atoms with E-state index in [0.29, 0.717) is 12.0 Å². The maximum Gasteiger partial charge on any atom is 0.0820 e. The van der Waals surface area contributed by atoms with Gasteiger partial charge in [0.1, 0.15) is 0 Å². The summed E-state index contributed by atoms with van der Waals surface area (Å²) in [7, 11) is 4.18. The summed E-state index contributed by atoms with van der Waals surface area (Å²) in [6.07, 6.45) is 6.66. The van der Waals surface area contributed by atoms with Crippen molar-refractivity contribution in [2.45, 2.75) is 51.1 Å². The Balaban J connectivity index is 1.99. The third kappa shape index (κ3) is 3.96. The highest BCUT2D eigenvalue weighted by atomic mass is 35.5. The molecule has 1 saturated carbocycles. The van der Waals surface area contributed by atoms with Gasteiger partial charge in [-0.25, -0.2) is 0 Å². The van der Waals surface area contributed by atoms with E-state index in [1.54, 1.807) is 6.20 Å². The van der Waals surface area contributed by atoms with E-state index in [9.17, 15) is 0 Å². The first kappa shape index (κ1) is 15.8. The summed E-state index contributed by atoms with van der Waals surface area (Å²) < 4.78 is 2.11. The van der Waals surface area contributed by atoms with Crippen LogP contribution < -0.4 is 5.32 Å². The predicted octanol–water partition coefficient (Wildman–Crippen LogP) is 2.73. The largest absolute Gasteiger partial charge is 0.314 e. The molecule has 1 aliphatic carbocycles. The number of hydrogen-bond donors (Lipinski definition) is 1. The van der Waals surface area contributed by atoms with Gasteiger partial charge in [-0.2, -0.15) is 5.10 Å². The summed E-state index contributed by atoms with van der Waals surface area (Å²) in [5.41, 5.74) is 1.24. The fraction of sp³-hybridized carbons (Fsp3) is 0.800. The van der Waals surface area contributed by atoms with Crippen LogP contribution in [0.15, 0.2) is 6.20 Å². The van der Waals surface area contributed by atoms with Crippen LogP contribution in [0.2, 0.25) is 5.02 Å². The van der Waals surface area contributed by atoms with E-state index in [4.69, 9.17) is 11.6 Å². The molecule has 0 amide bonds. The zero-order valence-electron chi connectivity index (χ0n) is 12.9. The Morgan fingerprint density at radius 2 is 2.25 bits per heavy atom. The average molecular weight is 299 g/mol. The van der Waals surface area contributed by atoms with Crippen LogP contribution in [0.1, 0.15) is 44.2 Å². The van der Waals surface area contributed by atoms with Crippen molar-refractivity contribution < 1.29 is 0 Å². The lowest BCUT2D eigenvalue weighted by Crippen LogP contribution is -2.27. The second-order valence-electron chi connectivity index (χ2n) is 6.07. The molecular weight excluding hydrogens is 272 g/mol. The molecule has 1 aromatic rings. The van der Waals surface area contributed by atoms with Crippen molar-refractivity contribution in [3.8, 4) is 0 Å². The molecule has 1 aromatic heterocycles. The van der Waals surface area contributed by atoms with Gasteiger partial charge in [0, 0.05) is 18.5 Å². The van der Waals surface area contributed by atoms with Crippen LogP contribution in [0, 0.1) is 0 Å². The molecule has 5 heteroatoms. The van der Waals surface area contributed by atoms with Crippen molar-refractivity contribution in [3.05, 3.63) is 16.9 Å². The lowest BCUT2D eigenvalue weighted by atomic mass is 10.0. The first-order chi connectivity index (χ1) is 9.61. The van der Waals surface area contributed by atoms with Gasteiger partial charge in [-0.3, -0.25) is 4.68 Å². The zero-order chi connectivity index (χ0) is 14.5. The number of nitrogens with one attached hydrogen (secondary N) is 1.